The third-order valence-corrected chi connectivity index (χ3v) is 4.11. The Morgan fingerprint density at radius 3 is 2.59 bits per heavy atom. The summed E-state index contributed by atoms with van der Waals surface area (Å²) >= 11 is 0. The van der Waals surface area contributed by atoms with E-state index in [0.29, 0.717) is 0 Å². The quantitative estimate of drug-likeness (QED) is 0.656. The van der Waals surface area contributed by atoms with Crippen LogP contribution in [0.5, 0.6) is 0 Å². The summed E-state index contributed by atoms with van der Waals surface area (Å²) in [5, 5.41) is 3.79. The van der Waals surface area contributed by atoms with Crippen molar-refractivity contribution in [2.24, 2.45) is 11.8 Å². The third-order valence-electron chi connectivity index (χ3n) is 4.11. The fraction of sp³-hybridized carbons (Fsp3) is 1.00. The van der Waals surface area contributed by atoms with E-state index in [2.05, 4.69) is 19.2 Å². The molecule has 0 heterocycles. The summed E-state index contributed by atoms with van der Waals surface area (Å²) in [6.07, 6.45) is 9.47. The number of unbranched alkanes of at least 4 members (excludes halogenated alkanes) is 2. The lowest BCUT2D eigenvalue weighted by Gasteiger charge is -2.35. The van der Waals surface area contributed by atoms with Crippen molar-refractivity contribution in [3.05, 3.63) is 0 Å². The van der Waals surface area contributed by atoms with Gasteiger partial charge in [0.1, 0.15) is 0 Å². The fourth-order valence-electron chi connectivity index (χ4n) is 3.05. The Labute approximate surface area is 108 Å². The van der Waals surface area contributed by atoms with Crippen molar-refractivity contribution in [3.63, 3.8) is 0 Å². The van der Waals surface area contributed by atoms with E-state index in [0.717, 1.165) is 24.5 Å². The van der Waals surface area contributed by atoms with Crippen molar-refractivity contribution in [1.29, 1.82) is 0 Å². The molecular formula is C15H31NO. The molecule has 1 aliphatic rings. The van der Waals surface area contributed by atoms with Gasteiger partial charge >= 0.3 is 0 Å². The molecule has 0 aliphatic heterocycles. The molecule has 0 radical (unpaired) electrons. The second kappa shape index (κ2) is 8.93. The molecule has 0 aromatic carbocycles. The third kappa shape index (κ3) is 5.87. The summed E-state index contributed by atoms with van der Waals surface area (Å²) in [6.45, 7) is 6.86. The minimum absolute atomic E-state index is 0.783. The number of rotatable bonds is 8. The normalized spacial score (nSPS) is 25.4. The number of methoxy groups -OCH3 is 1. The lowest BCUT2D eigenvalue weighted by atomic mass is 9.78. The van der Waals surface area contributed by atoms with Crippen LogP contribution in [0, 0.1) is 11.8 Å². The maximum atomic E-state index is 5.07. The van der Waals surface area contributed by atoms with Gasteiger partial charge in [-0.1, -0.05) is 26.7 Å². The summed E-state index contributed by atoms with van der Waals surface area (Å²) in [4.78, 5) is 0. The first-order valence-corrected chi connectivity index (χ1v) is 7.48. The van der Waals surface area contributed by atoms with Crippen molar-refractivity contribution in [2.45, 2.75) is 64.8 Å². The van der Waals surface area contributed by atoms with Crippen LogP contribution >= 0.6 is 0 Å². The molecule has 0 aromatic heterocycles. The minimum atomic E-state index is 0.783. The first kappa shape index (κ1) is 15.0. The fourth-order valence-corrected chi connectivity index (χ4v) is 3.05. The van der Waals surface area contributed by atoms with Crippen molar-refractivity contribution < 1.29 is 4.74 Å². The van der Waals surface area contributed by atoms with E-state index < -0.39 is 0 Å². The lowest BCUT2D eigenvalue weighted by molar-refractivity contribution is 0.189. The van der Waals surface area contributed by atoms with Gasteiger partial charge in [-0.2, -0.15) is 0 Å². The second-order valence-corrected chi connectivity index (χ2v) is 5.81. The highest BCUT2D eigenvalue weighted by atomic mass is 16.5. The van der Waals surface area contributed by atoms with Crippen LogP contribution in [0.15, 0.2) is 0 Å². The van der Waals surface area contributed by atoms with Crippen LogP contribution in [0.2, 0.25) is 0 Å². The topological polar surface area (TPSA) is 21.3 Å². The number of nitrogens with one attached hydrogen (secondary N) is 1. The van der Waals surface area contributed by atoms with Crippen LogP contribution in [-0.4, -0.2) is 26.3 Å². The van der Waals surface area contributed by atoms with Crippen LogP contribution in [0.3, 0.4) is 0 Å². The number of ether oxygens (including phenoxy) is 1. The van der Waals surface area contributed by atoms with Gasteiger partial charge in [0, 0.05) is 19.8 Å². The standard InChI is InChI=1S/C15H31NO/c1-13(2)14-9-5-6-10-15(14)16-11-7-4-8-12-17-3/h13-16H,4-12H2,1-3H3. The van der Waals surface area contributed by atoms with Crippen molar-refractivity contribution in [2.75, 3.05) is 20.3 Å². The van der Waals surface area contributed by atoms with E-state index in [-0.39, 0.29) is 0 Å². The van der Waals surface area contributed by atoms with Gasteiger partial charge in [-0.25, -0.2) is 0 Å². The Morgan fingerprint density at radius 1 is 1.12 bits per heavy atom. The summed E-state index contributed by atoms with van der Waals surface area (Å²) in [5.41, 5.74) is 0. The zero-order valence-electron chi connectivity index (χ0n) is 12.0. The summed E-state index contributed by atoms with van der Waals surface area (Å²) in [6, 6.07) is 0.783. The van der Waals surface area contributed by atoms with Gasteiger partial charge in [0.2, 0.25) is 0 Å². The molecule has 102 valence electrons. The first-order valence-electron chi connectivity index (χ1n) is 7.48. The highest BCUT2D eigenvalue weighted by Crippen LogP contribution is 2.30. The highest BCUT2D eigenvalue weighted by molar-refractivity contribution is 4.82. The van der Waals surface area contributed by atoms with E-state index in [1.165, 1.54) is 51.5 Å². The van der Waals surface area contributed by atoms with E-state index in [9.17, 15) is 0 Å². The molecule has 1 aliphatic carbocycles. The summed E-state index contributed by atoms with van der Waals surface area (Å²) < 4.78 is 5.07. The molecule has 1 N–H and O–H groups in total. The van der Waals surface area contributed by atoms with Gasteiger partial charge < -0.3 is 10.1 Å². The summed E-state index contributed by atoms with van der Waals surface area (Å²) in [7, 11) is 1.79. The second-order valence-electron chi connectivity index (χ2n) is 5.81. The van der Waals surface area contributed by atoms with Gasteiger partial charge in [-0.3, -0.25) is 0 Å². The van der Waals surface area contributed by atoms with Crippen LogP contribution in [-0.2, 0) is 4.74 Å². The molecule has 1 rings (SSSR count). The largest absolute Gasteiger partial charge is 0.385 e. The average Bonchev–Trinajstić information content (AvgIpc) is 2.34. The Balaban J connectivity index is 2.11. The van der Waals surface area contributed by atoms with Crippen molar-refractivity contribution in [1.82, 2.24) is 5.32 Å². The van der Waals surface area contributed by atoms with Gasteiger partial charge in [0.25, 0.3) is 0 Å². The molecular weight excluding hydrogens is 210 g/mol. The van der Waals surface area contributed by atoms with E-state index in [4.69, 9.17) is 4.74 Å². The molecule has 2 nitrogen and oxygen atoms in total. The number of hydrogen-bond acceptors (Lipinski definition) is 2. The molecule has 0 aromatic rings. The summed E-state index contributed by atoms with van der Waals surface area (Å²) in [5.74, 6) is 1.74. The molecule has 2 atom stereocenters. The van der Waals surface area contributed by atoms with Crippen LogP contribution < -0.4 is 5.32 Å². The molecule has 0 saturated heterocycles. The Hall–Kier alpha value is -0.0800. The average molecular weight is 241 g/mol. The van der Waals surface area contributed by atoms with E-state index >= 15 is 0 Å². The molecule has 1 fully saturated rings. The Bertz CT molecular complexity index is 182. The molecule has 0 spiro atoms. The van der Waals surface area contributed by atoms with Gasteiger partial charge in [-0.05, 0) is 50.5 Å². The number of hydrogen-bond donors (Lipinski definition) is 1. The maximum absolute atomic E-state index is 5.07. The zero-order chi connectivity index (χ0) is 12.5. The smallest absolute Gasteiger partial charge is 0.0462 e. The highest BCUT2D eigenvalue weighted by Gasteiger charge is 2.26. The molecule has 1 saturated carbocycles. The predicted molar refractivity (Wildman–Crippen MR) is 74.3 cm³/mol. The Kier molecular flexibility index (Phi) is 7.87. The lowest BCUT2D eigenvalue weighted by Crippen LogP contribution is -2.41. The van der Waals surface area contributed by atoms with Crippen molar-refractivity contribution in [3.8, 4) is 0 Å². The van der Waals surface area contributed by atoms with E-state index in [1.807, 2.05) is 0 Å². The van der Waals surface area contributed by atoms with Gasteiger partial charge in [0.05, 0.1) is 0 Å². The first-order chi connectivity index (χ1) is 8.25. The van der Waals surface area contributed by atoms with Gasteiger partial charge in [-0.15, -0.1) is 0 Å². The van der Waals surface area contributed by atoms with E-state index in [1.54, 1.807) is 7.11 Å². The molecule has 0 bridgehead atoms. The molecule has 2 unspecified atom stereocenters. The minimum Gasteiger partial charge on any atom is -0.385 e. The molecule has 2 heteroatoms. The monoisotopic (exact) mass is 241 g/mol. The predicted octanol–water partition coefficient (Wildman–Crippen LogP) is 3.61. The zero-order valence-corrected chi connectivity index (χ0v) is 12.0. The van der Waals surface area contributed by atoms with Gasteiger partial charge in [0.15, 0.2) is 0 Å². The van der Waals surface area contributed by atoms with Crippen LogP contribution in [0.1, 0.15) is 58.8 Å². The maximum Gasteiger partial charge on any atom is 0.0462 e. The SMILES string of the molecule is COCCCCCNC1CCCCC1C(C)C. The van der Waals surface area contributed by atoms with Crippen molar-refractivity contribution >= 4 is 0 Å². The van der Waals surface area contributed by atoms with Crippen LogP contribution in [0.25, 0.3) is 0 Å². The molecule has 17 heavy (non-hydrogen) atoms. The Morgan fingerprint density at radius 2 is 1.88 bits per heavy atom. The van der Waals surface area contributed by atoms with Crippen LogP contribution in [0.4, 0.5) is 0 Å². The molecule has 0 amide bonds.